The molecule has 18 heavy (non-hydrogen) atoms. The summed E-state index contributed by atoms with van der Waals surface area (Å²) in [5.74, 6) is -0.193. The molecular formula is C12H16ClNO3S. The Hall–Kier alpha value is -1.07. The third-order valence-corrected chi connectivity index (χ3v) is 4.21. The van der Waals surface area contributed by atoms with Crippen LogP contribution in [0.2, 0.25) is 5.02 Å². The molecule has 0 radical (unpaired) electrons. The van der Waals surface area contributed by atoms with Crippen LogP contribution in [0.25, 0.3) is 0 Å². The largest absolute Gasteiger partial charge is 0.339 e. The normalized spacial score (nSPS) is 11.3. The van der Waals surface area contributed by atoms with Crippen molar-refractivity contribution in [1.29, 1.82) is 0 Å². The van der Waals surface area contributed by atoms with Crippen molar-refractivity contribution in [2.45, 2.75) is 18.7 Å². The standard InChI is InChI=1S/C12H16ClNO3S/c1-4-14(5-2)12(15)9-6-7-10(13)11(8-9)18(3,16)17/h6-8H,4-5H2,1-3H3. The molecule has 0 aliphatic rings. The first-order valence-corrected chi connectivity index (χ1v) is 7.87. The fourth-order valence-electron chi connectivity index (χ4n) is 1.61. The molecule has 0 atom stereocenters. The number of carbonyl (C=O) groups is 1. The number of benzene rings is 1. The number of nitrogens with zero attached hydrogens (tertiary/aromatic N) is 1. The fourth-order valence-corrected chi connectivity index (χ4v) is 2.92. The summed E-state index contributed by atoms with van der Waals surface area (Å²) in [7, 11) is -3.43. The van der Waals surface area contributed by atoms with Crippen LogP contribution in [0.15, 0.2) is 23.1 Å². The van der Waals surface area contributed by atoms with Crippen molar-refractivity contribution in [3.8, 4) is 0 Å². The lowest BCUT2D eigenvalue weighted by atomic mass is 10.2. The zero-order valence-corrected chi connectivity index (χ0v) is 12.2. The summed E-state index contributed by atoms with van der Waals surface area (Å²) in [4.78, 5) is 13.7. The number of halogens is 1. The second-order valence-corrected chi connectivity index (χ2v) is 6.29. The van der Waals surface area contributed by atoms with E-state index in [4.69, 9.17) is 11.6 Å². The van der Waals surface area contributed by atoms with Crippen molar-refractivity contribution >= 4 is 27.3 Å². The Bertz CT molecular complexity index is 550. The van der Waals surface area contributed by atoms with Gasteiger partial charge in [0.05, 0.1) is 9.92 Å². The average Bonchev–Trinajstić information content (AvgIpc) is 2.29. The minimum Gasteiger partial charge on any atom is -0.339 e. The molecule has 1 aromatic carbocycles. The van der Waals surface area contributed by atoms with Crippen LogP contribution in [0.1, 0.15) is 24.2 Å². The molecule has 0 aliphatic carbocycles. The minimum atomic E-state index is -3.43. The second kappa shape index (κ2) is 5.71. The average molecular weight is 290 g/mol. The van der Waals surface area contributed by atoms with Crippen molar-refractivity contribution in [2.24, 2.45) is 0 Å². The molecule has 0 fully saturated rings. The summed E-state index contributed by atoms with van der Waals surface area (Å²) >= 11 is 5.83. The highest BCUT2D eigenvalue weighted by Crippen LogP contribution is 2.23. The highest BCUT2D eigenvalue weighted by molar-refractivity contribution is 7.90. The molecule has 0 N–H and O–H groups in total. The van der Waals surface area contributed by atoms with Gasteiger partial charge in [0.25, 0.3) is 5.91 Å². The molecule has 6 heteroatoms. The van der Waals surface area contributed by atoms with E-state index < -0.39 is 9.84 Å². The highest BCUT2D eigenvalue weighted by Gasteiger charge is 2.18. The molecule has 100 valence electrons. The summed E-state index contributed by atoms with van der Waals surface area (Å²) in [6.45, 7) is 4.89. The van der Waals surface area contributed by atoms with Gasteiger partial charge in [-0.05, 0) is 32.0 Å². The van der Waals surface area contributed by atoms with Crippen molar-refractivity contribution in [2.75, 3.05) is 19.3 Å². The van der Waals surface area contributed by atoms with Gasteiger partial charge in [0.2, 0.25) is 0 Å². The Morgan fingerprint density at radius 3 is 2.28 bits per heavy atom. The summed E-state index contributed by atoms with van der Waals surface area (Å²) in [6, 6.07) is 4.31. The Morgan fingerprint density at radius 2 is 1.83 bits per heavy atom. The van der Waals surface area contributed by atoms with E-state index >= 15 is 0 Å². The van der Waals surface area contributed by atoms with Gasteiger partial charge in [0.15, 0.2) is 9.84 Å². The van der Waals surface area contributed by atoms with Gasteiger partial charge in [-0.1, -0.05) is 11.6 Å². The molecule has 0 aliphatic heterocycles. The number of carbonyl (C=O) groups excluding carboxylic acids is 1. The smallest absolute Gasteiger partial charge is 0.253 e. The second-order valence-electron chi connectivity index (χ2n) is 3.89. The van der Waals surface area contributed by atoms with Gasteiger partial charge in [0.1, 0.15) is 0 Å². The lowest BCUT2D eigenvalue weighted by Crippen LogP contribution is -2.30. The van der Waals surface area contributed by atoms with Crippen LogP contribution in [-0.2, 0) is 9.84 Å². The molecule has 0 bridgehead atoms. The van der Waals surface area contributed by atoms with Gasteiger partial charge in [-0.15, -0.1) is 0 Å². The van der Waals surface area contributed by atoms with Gasteiger partial charge in [-0.25, -0.2) is 8.42 Å². The van der Waals surface area contributed by atoms with Crippen LogP contribution >= 0.6 is 11.6 Å². The van der Waals surface area contributed by atoms with Crippen LogP contribution in [0.3, 0.4) is 0 Å². The molecule has 0 spiro atoms. The Labute approximate surface area is 112 Å². The number of hydrogen-bond acceptors (Lipinski definition) is 3. The maximum Gasteiger partial charge on any atom is 0.253 e. The Morgan fingerprint density at radius 1 is 1.28 bits per heavy atom. The van der Waals surface area contributed by atoms with E-state index in [-0.39, 0.29) is 15.8 Å². The maximum absolute atomic E-state index is 12.1. The molecule has 0 saturated carbocycles. The monoisotopic (exact) mass is 289 g/mol. The van der Waals surface area contributed by atoms with Gasteiger partial charge in [-0.2, -0.15) is 0 Å². The zero-order valence-electron chi connectivity index (χ0n) is 10.6. The topological polar surface area (TPSA) is 54.5 Å². The highest BCUT2D eigenvalue weighted by atomic mass is 35.5. The summed E-state index contributed by atoms with van der Waals surface area (Å²) in [5.41, 5.74) is 0.337. The van der Waals surface area contributed by atoms with E-state index in [1.807, 2.05) is 13.8 Å². The molecule has 4 nitrogen and oxygen atoms in total. The van der Waals surface area contributed by atoms with E-state index in [0.717, 1.165) is 6.26 Å². The van der Waals surface area contributed by atoms with Gasteiger partial charge in [-0.3, -0.25) is 4.79 Å². The Balaban J connectivity index is 3.25. The van der Waals surface area contributed by atoms with Crippen LogP contribution in [0.4, 0.5) is 0 Å². The van der Waals surface area contributed by atoms with Crippen LogP contribution in [0.5, 0.6) is 0 Å². The number of hydrogen-bond donors (Lipinski definition) is 0. The maximum atomic E-state index is 12.1. The van der Waals surface area contributed by atoms with Gasteiger partial charge in [0, 0.05) is 24.9 Å². The van der Waals surface area contributed by atoms with E-state index in [9.17, 15) is 13.2 Å². The van der Waals surface area contributed by atoms with Crippen molar-refractivity contribution in [3.05, 3.63) is 28.8 Å². The first-order valence-electron chi connectivity index (χ1n) is 5.60. The molecule has 1 aromatic rings. The molecule has 0 saturated heterocycles. The SMILES string of the molecule is CCN(CC)C(=O)c1ccc(Cl)c(S(C)(=O)=O)c1. The fraction of sp³-hybridized carbons (Fsp3) is 0.417. The van der Waals surface area contributed by atoms with E-state index in [1.54, 1.807) is 4.90 Å². The minimum absolute atomic E-state index is 0.0119. The molecule has 1 rings (SSSR count). The molecular weight excluding hydrogens is 274 g/mol. The number of amides is 1. The van der Waals surface area contributed by atoms with E-state index in [0.29, 0.717) is 18.7 Å². The molecule has 0 unspecified atom stereocenters. The first-order chi connectivity index (χ1) is 8.31. The van der Waals surface area contributed by atoms with Crippen LogP contribution in [-0.4, -0.2) is 38.6 Å². The van der Waals surface area contributed by atoms with Crippen molar-refractivity contribution < 1.29 is 13.2 Å². The van der Waals surface area contributed by atoms with E-state index in [1.165, 1.54) is 18.2 Å². The predicted octanol–water partition coefficient (Wildman–Crippen LogP) is 2.23. The first kappa shape index (κ1) is 15.0. The third-order valence-electron chi connectivity index (χ3n) is 2.63. The van der Waals surface area contributed by atoms with E-state index in [2.05, 4.69) is 0 Å². The predicted molar refractivity (Wildman–Crippen MR) is 71.8 cm³/mol. The Kier molecular flexibility index (Phi) is 4.76. The summed E-state index contributed by atoms with van der Waals surface area (Å²) in [6.07, 6.45) is 1.07. The summed E-state index contributed by atoms with van der Waals surface area (Å²) < 4.78 is 23.1. The number of rotatable bonds is 4. The molecule has 0 heterocycles. The van der Waals surface area contributed by atoms with Crippen molar-refractivity contribution in [3.63, 3.8) is 0 Å². The lowest BCUT2D eigenvalue weighted by molar-refractivity contribution is 0.0773. The van der Waals surface area contributed by atoms with Crippen LogP contribution in [0, 0.1) is 0 Å². The quantitative estimate of drug-likeness (QED) is 0.854. The molecule has 0 aromatic heterocycles. The summed E-state index contributed by atoms with van der Waals surface area (Å²) in [5, 5.41) is 0.133. The lowest BCUT2D eigenvalue weighted by Gasteiger charge is -2.19. The zero-order chi connectivity index (χ0) is 13.9. The third kappa shape index (κ3) is 3.23. The van der Waals surface area contributed by atoms with Gasteiger partial charge >= 0.3 is 0 Å². The van der Waals surface area contributed by atoms with Crippen LogP contribution < -0.4 is 0 Å². The van der Waals surface area contributed by atoms with Crippen molar-refractivity contribution in [1.82, 2.24) is 4.90 Å². The molecule has 1 amide bonds. The number of sulfone groups is 1. The van der Waals surface area contributed by atoms with Gasteiger partial charge < -0.3 is 4.90 Å².